The first-order chi connectivity index (χ1) is 12.4. The van der Waals surface area contributed by atoms with Crippen molar-refractivity contribution in [3.63, 3.8) is 0 Å². The minimum Gasteiger partial charge on any atom is -0.324 e. The number of carbonyl (C=O) groups is 1. The molecule has 0 aliphatic carbocycles. The Morgan fingerprint density at radius 3 is 2.69 bits per heavy atom. The van der Waals surface area contributed by atoms with E-state index in [1.54, 1.807) is 30.3 Å². The largest absolute Gasteiger partial charge is 0.324 e. The lowest BCUT2D eigenvalue weighted by Crippen LogP contribution is -2.27. The minimum atomic E-state index is -0.467. The zero-order valence-corrected chi connectivity index (χ0v) is 14.6. The molecule has 0 aliphatic heterocycles. The molecule has 0 atom stereocenters. The van der Waals surface area contributed by atoms with Crippen LogP contribution < -0.4 is 10.9 Å². The second-order valence-electron chi connectivity index (χ2n) is 5.73. The van der Waals surface area contributed by atoms with E-state index in [1.165, 1.54) is 24.5 Å². The van der Waals surface area contributed by atoms with Crippen LogP contribution in [0.25, 0.3) is 11.3 Å². The molecule has 0 bridgehead atoms. The number of nitrogens with zero attached hydrogens (tertiary/aromatic N) is 2. The number of hydrogen-bond acceptors (Lipinski definition) is 3. The van der Waals surface area contributed by atoms with Gasteiger partial charge >= 0.3 is 0 Å². The Morgan fingerprint density at radius 1 is 1.23 bits per heavy atom. The quantitative estimate of drug-likeness (QED) is 0.761. The van der Waals surface area contributed by atoms with Crippen LogP contribution in [0.3, 0.4) is 0 Å². The van der Waals surface area contributed by atoms with Gasteiger partial charge in [0, 0.05) is 22.3 Å². The predicted octanol–water partition coefficient (Wildman–Crippen LogP) is 3.65. The van der Waals surface area contributed by atoms with Gasteiger partial charge in [-0.1, -0.05) is 29.8 Å². The van der Waals surface area contributed by atoms with E-state index in [2.05, 4.69) is 10.3 Å². The monoisotopic (exact) mass is 371 g/mol. The van der Waals surface area contributed by atoms with Crippen LogP contribution in [0.15, 0.2) is 59.7 Å². The molecule has 5 nitrogen and oxygen atoms in total. The van der Waals surface area contributed by atoms with Gasteiger partial charge in [-0.3, -0.25) is 14.2 Å². The van der Waals surface area contributed by atoms with Gasteiger partial charge in [0.1, 0.15) is 12.4 Å². The van der Waals surface area contributed by atoms with Crippen molar-refractivity contribution in [3.05, 3.63) is 81.6 Å². The third-order valence-corrected chi connectivity index (χ3v) is 4.21. The Kier molecular flexibility index (Phi) is 5.14. The first kappa shape index (κ1) is 17.8. The smallest absolute Gasteiger partial charge is 0.254 e. The number of rotatable bonds is 4. The first-order valence-corrected chi connectivity index (χ1v) is 8.19. The fourth-order valence-corrected chi connectivity index (χ4v) is 2.57. The summed E-state index contributed by atoms with van der Waals surface area (Å²) in [7, 11) is 0. The number of nitrogens with one attached hydrogen (secondary N) is 1. The Balaban J connectivity index is 1.76. The lowest BCUT2D eigenvalue weighted by atomic mass is 10.1. The third kappa shape index (κ3) is 3.97. The molecule has 1 aromatic heterocycles. The lowest BCUT2D eigenvalue weighted by molar-refractivity contribution is -0.116. The molecular weight excluding hydrogens is 357 g/mol. The highest BCUT2D eigenvalue weighted by Crippen LogP contribution is 2.20. The topological polar surface area (TPSA) is 64.0 Å². The number of aromatic nitrogens is 2. The molecule has 0 radical (unpaired) electrons. The van der Waals surface area contributed by atoms with Crippen LogP contribution in [0.4, 0.5) is 10.1 Å². The minimum absolute atomic E-state index is 0.213. The molecule has 1 heterocycles. The van der Waals surface area contributed by atoms with E-state index in [0.29, 0.717) is 10.7 Å². The van der Waals surface area contributed by atoms with E-state index in [-0.39, 0.29) is 17.8 Å². The zero-order valence-electron chi connectivity index (χ0n) is 13.9. The molecule has 3 aromatic rings. The van der Waals surface area contributed by atoms with Crippen LogP contribution in [-0.2, 0) is 11.3 Å². The van der Waals surface area contributed by atoms with Crippen LogP contribution in [0.2, 0.25) is 5.02 Å². The average molecular weight is 372 g/mol. The van der Waals surface area contributed by atoms with Crippen LogP contribution in [0.1, 0.15) is 5.56 Å². The highest BCUT2D eigenvalue weighted by Gasteiger charge is 2.10. The number of aryl methyl sites for hydroxylation is 1. The summed E-state index contributed by atoms with van der Waals surface area (Å²) >= 11 is 6.02. The highest BCUT2D eigenvalue weighted by atomic mass is 35.5. The van der Waals surface area contributed by atoms with E-state index < -0.39 is 17.3 Å². The van der Waals surface area contributed by atoms with Crippen molar-refractivity contribution < 1.29 is 9.18 Å². The maximum absolute atomic E-state index is 13.8. The summed E-state index contributed by atoms with van der Waals surface area (Å²) in [5.41, 5.74) is 1.43. The van der Waals surface area contributed by atoms with Gasteiger partial charge in [-0.05, 0) is 36.8 Å². The maximum atomic E-state index is 13.8. The average Bonchev–Trinajstić information content (AvgIpc) is 2.60. The molecule has 0 unspecified atom stereocenters. The van der Waals surface area contributed by atoms with Gasteiger partial charge < -0.3 is 5.32 Å². The fraction of sp³-hybridized carbons (Fsp3) is 0.105. The SMILES string of the molecule is Cc1ccc(NC(=O)Cn2cnc(-c3ccccc3F)cc2=O)cc1Cl. The molecule has 1 N–H and O–H groups in total. The molecule has 2 aromatic carbocycles. The summed E-state index contributed by atoms with van der Waals surface area (Å²) in [4.78, 5) is 28.4. The lowest BCUT2D eigenvalue weighted by Gasteiger charge is -2.09. The van der Waals surface area contributed by atoms with Gasteiger partial charge in [0.15, 0.2) is 0 Å². The second kappa shape index (κ2) is 7.49. The highest BCUT2D eigenvalue weighted by molar-refractivity contribution is 6.31. The Bertz CT molecular complexity index is 1030. The summed E-state index contributed by atoms with van der Waals surface area (Å²) in [5.74, 6) is -0.862. The van der Waals surface area contributed by atoms with Gasteiger partial charge in [-0.15, -0.1) is 0 Å². The number of benzene rings is 2. The molecule has 7 heteroatoms. The normalized spacial score (nSPS) is 10.6. The van der Waals surface area contributed by atoms with E-state index >= 15 is 0 Å². The van der Waals surface area contributed by atoms with E-state index in [0.717, 1.165) is 10.1 Å². The summed E-state index contributed by atoms with van der Waals surface area (Å²) < 4.78 is 14.9. The van der Waals surface area contributed by atoms with Crippen LogP contribution in [-0.4, -0.2) is 15.5 Å². The summed E-state index contributed by atoms with van der Waals surface area (Å²) in [6.45, 7) is 1.64. The number of halogens is 2. The summed E-state index contributed by atoms with van der Waals surface area (Å²) in [6.07, 6.45) is 1.23. The van der Waals surface area contributed by atoms with Crippen molar-refractivity contribution in [2.45, 2.75) is 13.5 Å². The van der Waals surface area contributed by atoms with Crippen molar-refractivity contribution in [1.82, 2.24) is 9.55 Å². The fourth-order valence-electron chi connectivity index (χ4n) is 2.39. The molecule has 1 amide bonds. The third-order valence-electron chi connectivity index (χ3n) is 3.80. The molecule has 26 heavy (non-hydrogen) atoms. The zero-order chi connectivity index (χ0) is 18.7. The van der Waals surface area contributed by atoms with E-state index in [1.807, 2.05) is 6.92 Å². The molecular formula is C19H15ClFN3O2. The van der Waals surface area contributed by atoms with Crippen molar-refractivity contribution in [2.75, 3.05) is 5.32 Å². The molecule has 3 rings (SSSR count). The Labute approximate surface area is 154 Å². The Morgan fingerprint density at radius 2 is 2.00 bits per heavy atom. The summed E-state index contributed by atoms with van der Waals surface area (Å²) in [6, 6.07) is 12.4. The molecule has 0 aliphatic rings. The van der Waals surface area contributed by atoms with Gasteiger partial charge in [0.2, 0.25) is 5.91 Å². The van der Waals surface area contributed by atoms with Crippen LogP contribution in [0.5, 0.6) is 0 Å². The van der Waals surface area contributed by atoms with Crippen molar-refractivity contribution in [1.29, 1.82) is 0 Å². The van der Waals surface area contributed by atoms with Gasteiger partial charge in [-0.25, -0.2) is 9.37 Å². The number of amides is 1. The Hall–Kier alpha value is -2.99. The number of hydrogen-bond donors (Lipinski definition) is 1. The van der Waals surface area contributed by atoms with Gasteiger partial charge in [0.25, 0.3) is 5.56 Å². The van der Waals surface area contributed by atoms with Crippen molar-refractivity contribution >= 4 is 23.2 Å². The molecule has 0 saturated heterocycles. The van der Waals surface area contributed by atoms with Gasteiger partial charge in [0.05, 0.1) is 12.0 Å². The van der Waals surface area contributed by atoms with Crippen LogP contribution >= 0.6 is 11.6 Å². The van der Waals surface area contributed by atoms with E-state index in [4.69, 9.17) is 11.6 Å². The predicted molar refractivity (Wildman–Crippen MR) is 98.7 cm³/mol. The maximum Gasteiger partial charge on any atom is 0.254 e. The first-order valence-electron chi connectivity index (χ1n) is 7.81. The number of carbonyl (C=O) groups excluding carboxylic acids is 1. The van der Waals surface area contributed by atoms with Crippen LogP contribution in [0, 0.1) is 12.7 Å². The molecule has 0 saturated carbocycles. The van der Waals surface area contributed by atoms with Crippen molar-refractivity contribution in [2.24, 2.45) is 0 Å². The molecule has 0 spiro atoms. The number of anilines is 1. The molecule has 0 fully saturated rings. The summed E-state index contributed by atoms with van der Waals surface area (Å²) in [5, 5.41) is 3.21. The standard InChI is InChI=1S/C19H15ClFN3O2/c1-12-6-7-13(8-15(12)20)23-18(25)10-24-11-22-17(9-19(24)26)14-4-2-3-5-16(14)21/h2-9,11H,10H2,1H3,(H,23,25). The second-order valence-corrected chi connectivity index (χ2v) is 6.14. The molecule has 132 valence electrons. The van der Waals surface area contributed by atoms with Crippen molar-refractivity contribution in [3.8, 4) is 11.3 Å². The van der Waals surface area contributed by atoms with Gasteiger partial charge in [-0.2, -0.15) is 0 Å². The van der Waals surface area contributed by atoms with E-state index in [9.17, 15) is 14.0 Å².